The zero-order valence-electron chi connectivity index (χ0n) is 12.1. The summed E-state index contributed by atoms with van der Waals surface area (Å²) in [6, 6.07) is 10.9. The van der Waals surface area contributed by atoms with E-state index < -0.39 is 9.84 Å². The van der Waals surface area contributed by atoms with Crippen molar-refractivity contribution < 1.29 is 13.2 Å². The maximum absolute atomic E-state index is 11.3. The van der Waals surface area contributed by atoms with E-state index in [9.17, 15) is 8.42 Å². The second-order valence-electron chi connectivity index (χ2n) is 4.78. The molecule has 0 radical (unpaired) electrons. The summed E-state index contributed by atoms with van der Waals surface area (Å²) in [5.74, 6) is 0.674. The fourth-order valence-electron chi connectivity index (χ4n) is 1.87. The predicted octanol–water partition coefficient (Wildman–Crippen LogP) is 2.88. The van der Waals surface area contributed by atoms with Gasteiger partial charge in [-0.1, -0.05) is 6.07 Å². The number of benzene rings is 1. The maximum Gasteiger partial charge on any atom is 0.175 e. The monoisotopic (exact) mass is 325 g/mol. The third kappa shape index (κ3) is 4.84. The smallest absolute Gasteiger partial charge is 0.175 e. The average molecular weight is 325 g/mol. The molecule has 0 amide bonds. The predicted molar refractivity (Wildman–Crippen MR) is 85.8 cm³/mol. The Bertz CT molecular complexity index is 649. The number of hydrogen-bond donors (Lipinski definition) is 1. The minimum atomic E-state index is -3.15. The van der Waals surface area contributed by atoms with Crippen molar-refractivity contribution in [3.63, 3.8) is 0 Å². The Kier molecular flexibility index (Phi) is 5.39. The van der Waals surface area contributed by atoms with Gasteiger partial charge in [-0.05, 0) is 42.6 Å². The molecule has 0 aliphatic rings. The fraction of sp³-hybridized carbons (Fsp3) is 0.333. The Balaban J connectivity index is 1.76. The van der Waals surface area contributed by atoms with Gasteiger partial charge in [-0.15, -0.1) is 11.3 Å². The highest BCUT2D eigenvalue weighted by molar-refractivity contribution is 7.90. The van der Waals surface area contributed by atoms with Gasteiger partial charge in [0.15, 0.2) is 9.84 Å². The van der Waals surface area contributed by atoms with Gasteiger partial charge in [-0.25, -0.2) is 8.42 Å². The Morgan fingerprint density at radius 3 is 2.52 bits per heavy atom. The van der Waals surface area contributed by atoms with Crippen LogP contribution in [0.1, 0.15) is 17.8 Å². The van der Waals surface area contributed by atoms with E-state index in [1.165, 1.54) is 11.1 Å². The molecule has 2 rings (SSSR count). The third-order valence-corrected chi connectivity index (χ3v) is 5.23. The van der Waals surface area contributed by atoms with E-state index in [0.29, 0.717) is 23.3 Å². The summed E-state index contributed by atoms with van der Waals surface area (Å²) >= 11 is 1.73. The van der Waals surface area contributed by atoms with Crippen molar-refractivity contribution in [2.45, 2.75) is 17.9 Å². The van der Waals surface area contributed by atoms with Crippen LogP contribution in [0.5, 0.6) is 5.75 Å². The van der Waals surface area contributed by atoms with Crippen LogP contribution in [-0.4, -0.2) is 27.8 Å². The molecule has 1 atom stereocenters. The normalized spacial score (nSPS) is 13.0. The molecule has 114 valence electrons. The Hall–Kier alpha value is -1.37. The van der Waals surface area contributed by atoms with E-state index in [2.05, 4.69) is 23.7 Å². The van der Waals surface area contributed by atoms with Crippen LogP contribution in [0, 0.1) is 0 Å². The SMILES string of the molecule is CC(NCCOc1ccc(S(C)(=O)=O)cc1)c1cccs1. The van der Waals surface area contributed by atoms with Gasteiger partial charge < -0.3 is 10.1 Å². The highest BCUT2D eigenvalue weighted by Gasteiger charge is 2.07. The van der Waals surface area contributed by atoms with Gasteiger partial charge in [0, 0.05) is 23.7 Å². The molecule has 21 heavy (non-hydrogen) atoms. The highest BCUT2D eigenvalue weighted by atomic mass is 32.2. The van der Waals surface area contributed by atoms with E-state index in [1.807, 2.05) is 6.07 Å². The zero-order chi connectivity index (χ0) is 15.3. The van der Waals surface area contributed by atoms with Crippen molar-refractivity contribution in [2.24, 2.45) is 0 Å². The van der Waals surface area contributed by atoms with Crippen LogP contribution in [0.3, 0.4) is 0 Å². The van der Waals surface area contributed by atoms with Gasteiger partial charge in [0.25, 0.3) is 0 Å². The number of nitrogens with one attached hydrogen (secondary N) is 1. The molecule has 0 fully saturated rings. The quantitative estimate of drug-likeness (QED) is 0.795. The van der Waals surface area contributed by atoms with Crippen LogP contribution < -0.4 is 10.1 Å². The molecular formula is C15H19NO3S2. The van der Waals surface area contributed by atoms with Crippen LogP contribution in [0.2, 0.25) is 0 Å². The fourth-order valence-corrected chi connectivity index (χ4v) is 3.25. The Labute approximate surface area is 129 Å². The first kappa shape index (κ1) is 16.0. The van der Waals surface area contributed by atoms with E-state index in [-0.39, 0.29) is 0 Å². The molecule has 1 N–H and O–H groups in total. The molecule has 0 spiro atoms. The number of thiophene rings is 1. The third-order valence-electron chi connectivity index (χ3n) is 3.04. The molecule has 0 aliphatic carbocycles. The number of hydrogen-bond acceptors (Lipinski definition) is 5. The lowest BCUT2D eigenvalue weighted by molar-refractivity contribution is 0.308. The molecule has 0 bridgehead atoms. The first-order valence-electron chi connectivity index (χ1n) is 6.66. The lowest BCUT2D eigenvalue weighted by atomic mass is 10.3. The largest absolute Gasteiger partial charge is 0.492 e. The van der Waals surface area contributed by atoms with Gasteiger partial charge in [-0.2, -0.15) is 0 Å². The van der Waals surface area contributed by atoms with Gasteiger partial charge in [0.1, 0.15) is 12.4 Å². The number of sulfone groups is 1. The van der Waals surface area contributed by atoms with Crippen LogP contribution >= 0.6 is 11.3 Å². The molecule has 4 nitrogen and oxygen atoms in total. The molecule has 6 heteroatoms. The van der Waals surface area contributed by atoms with E-state index >= 15 is 0 Å². The van der Waals surface area contributed by atoms with E-state index in [4.69, 9.17) is 4.74 Å². The Morgan fingerprint density at radius 1 is 1.24 bits per heavy atom. The summed E-state index contributed by atoms with van der Waals surface area (Å²) < 4.78 is 28.3. The lowest BCUT2D eigenvalue weighted by Crippen LogP contribution is -2.23. The van der Waals surface area contributed by atoms with Crippen LogP contribution in [-0.2, 0) is 9.84 Å². The minimum absolute atomic E-state index is 0.305. The minimum Gasteiger partial charge on any atom is -0.492 e. The average Bonchev–Trinajstić information content (AvgIpc) is 2.97. The van der Waals surface area contributed by atoms with Gasteiger partial charge in [0.05, 0.1) is 4.90 Å². The van der Waals surface area contributed by atoms with E-state index in [0.717, 1.165) is 6.54 Å². The molecule has 1 unspecified atom stereocenters. The molecule has 0 saturated carbocycles. The summed E-state index contributed by atoms with van der Waals surface area (Å²) in [6.07, 6.45) is 1.19. The standard InChI is InChI=1S/C15H19NO3S2/c1-12(15-4-3-11-20-15)16-9-10-19-13-5-7-14(8-6-13)21(2,17)18/h3-8,11-12,16H,9-10H2,1-2H3. The summed E-state index contributed by atoms with van der Waals surface area (Å²) in [7, 11) is -3.15. The molecular weight excluding hydrogens is 306 g/mol. The Morgan fingerprint density at radius 2 is 1.95 bits per heavy atom. The second-order valence-corrected chi connectivity index (χ2v) is 7.78. The lowest BCUT2D eigenvalue weighted by Gasteiger charge is -2.12. The van der Waals surface area contributed by atoms with E-state index in [1.54, 1.807) is 35.6 Å². The van der Waals surface area contributed by atoms with Crippen LogP contribution in [0.25, 0.3) is 0 Å². The van der Waals surface area contributed by atoms with Crippen molar-refractivity contribution in [2.75, 3.05) is 19.4 Å². The molecule has 0 aliphatic heterocycles. The summed E-state index contributed by atoms with van der Waals surface area (Å²) in [5.41, 5.74) is 0. The molecule has 1 aromatic heterocycles. The van der Waals surface area contributed by atoms with Gasteiger partial charge >= 0.3 is 0 Å². The second kappa shape index (κ2) is 7.06. The summed E-state index contributed by atoms with van der Waals surface area (Å²) in [5, 5.41) is 5.44. The van der Waals surface area contributed by atoms with Crippen molar-refractivity contribution in [1.82, 2.24) is 5.32 Å². The zero-order valence-corrected chi connectivity index (χ0v) is 13.7. The topological polar surface area (TPSA) is 55.4 Å². The summed E-state index contributed by atoms with van der Waals surface area (Å²) in [4.78, 5) is 1.60. The van der Waals surface area contributed by atoms with Crippen LogP contribution in [0.4, 0.5) is 0 Å². The molecule has 2 aromatic rings. The molecule has 1 heterocycles. The number of ether oxygens (including phenoxy) is 1. The highest BCUT2D eigenvalue weighted by Crippen LogP contribution is 2.18. The van der Waals surface area contributed by atoms with Gasteiger partial charge in [-0.3, -0.25) is 0 Å². The van der Waals surface area contributed by atoms with Crippen LogP contribution in [0.15, 0.2) is 46.7 Å². The maximum atomic E-state index is 11.3. The first-order chi connectivity index (χ1) is 9.97. The summed E-state index contributed by atoms with van der Waals surface area (Å²) in [6.45, 7) is 3.38. The van der Waals surface area contributed by atoms with Crippen molar-refractivity contribution in [3.8, 4) is 5.75 Å². The number of rotatable bonds is 7. The molecule has 1 aromatic carbocycles. The van der Waals surface area contributed by atoms with Crippen molar-refractivity contribution in [1.29, 1.82) is 0 Å². The molecule has 0 saturated heterocycles. The van der Waals surface area contributed by atoms with Crippen molar-refractivity contribution in [3.05, 3.63) is 46.7 Å². The van der Waals surface area contributed by atoms with Gasteiger partial charge in [0.2, 0.25) is 0 Å². The first-order valence-corrected chi connectivity index (χ1v) is 9.43. The van der Waals surface area contributed by atoms with Crippen molar-refractivity contribution >= 4 is 21.2 Å².